The minimum Gasteiger partial charge on any atom is -0.381 e. The summed E-state index contributed by atoms with van der Waals surface area (Å²) < 4.78 is 0. The number of hydrogen-bond donors (Lipinski definition) is 3. The predicted molar refractivity (Wildman–Crippen MR) is 124 cm³/mol. The molecule has 1 amide bonds. The molecule has 6 heteroatoms. The van der Waals surface area contributed by atoms with Crippen LogP contribution in [-0.2, 0) is 4.79 Å². The Morgan fingerprint density at radius 1 is 1.23 bits per heavy atom. The molecule has 4 atom stereocenters. The summed E-state index contributed by atoms with van der Waals surface area (Å²) in [7, 11) is 1.89. The zero-order valence-corrected chi connectivity index (χ0v) is 18.3. The van der Waals surface area contributed by atoms with Crippen LogP contribution < -0.4 is 16.0 Å². The second kappa shape index (κ2) is 9.40. The maximum absolute atomic E-state index is 12.2. The number of benzene rings is 2. The molecule has 3 N–H and O–H groups in total. The number of carbonyl (C=O) groups excluding carboxylic acids is 1. The molecule has 2 aromatic carbocycles. The molecule has 2 unspecified atom stereocenters. The molecule has 1 fully saturated rings. The standard InChI is InChI=1S/C25H31N5O/c1-17(19-11-12-30(2)23(31)13-19)15-28-24(18-7-4-3-5-8-18)22-16-27-21-10-6-9-20(14-26)25(21)29-22/h3-10,17,19,22,24,27-29H,11-13,15-16H2,1-2H3/t17?,19?,22-,24-/m1/s1. The Kier molecular flexibility index (Phi) is 6.43. The Labute approximate surface area is 184 Å². The second-order valence-corrected chi connectivity index (χ2v) is 8.81. The monoisotopic (exact) mass is 417 g/mol. The number of para-hydroxylation sites is 1. The van der Waals surface area contributed by atoms with E-state index in [0.717, 1.165) is 37.4 Å². The van der Waals surface area contributed by atoms with Crippen molar-refractivity contribution in [3.05, 3.63) is 59.7 Å². The maximum Gasteiger partial charge on any atom is 0.222 e. The Hall–Kier alpha value is -3.04. The molecule has 4 rings (SSSR count). The van der Waals surface area contributed by atoms with Gasteiger partial charge in [-0.3, -0.25) is 4.79 Å². The first-order valence-electron chi connectivity index (χ1n) is 11.1. The van der Waals surface area contributed by atoms with Crippen molar-refractivity contribution < 1.29 is 4.79 Å². The quantitative estimate of drug-likeness (QED) is 0.669. The summed E-state index contributed by atoms with van der Waals surface area (Å²) in [5, 5.41) is 20.4. The number of nitrogens with one attached hydrogen (secondary N) is 3. The summed E-state index contributed by atoms with van der Waals surface area (Å²) in [4.78, 5) is 14.0. The fourth-order valence-electron chi connectivity index (χ4n) is 4.69. The number of piperidine rings is 1. The topological polar surface area (TPSA) is 80.2 Å². The van der Waals surface area contributed by atoms with Crippen molar-refractivity contribution >= 4 is 17.3 Å². The highest BCUT2D eigenvalue weighted by molar-refractivity contribution is 5.78. The van der Waals surface area contributed by atoms with Crippen molar-refractivity contribution in [1.29, 1.82) is 5.26 Å². The average molecular weight is 418 g/mol. The van der Waals surface area contributed by atoms with Crippen LogP contribution in [0.3, 0.4) is 0 Å². The van der Waals surface area contributed by atoms with Gasteiger partial charge in [0, 0.05) is 26.6 Å². The summed E-state index contributed by atoms with van der Waals surface area (Å²) in [5.74, 6) is 1.07. The van der Waals surface area contributed by atoms with Crippen LogP contribution in [0.5, 0.6) is 0 Å². The van der Waals surface area contributed by atoms with Crippen molar-refractivity contribution in [2.24, 2.45) is 11.8 Å². The van der Waals surface area contributed by atoms with E-state index in [1.165, 1.54) is 5.56 Å². The zero-order valence-electron chi connectivity index (χ0n) is 18.3. The minimum atomic E-state index is 0.0815. The fraction of sp³-hybridized carbons (Fsp3) is 0.440. The summed E-state index contributed by atoms with van der Waals surface area (Å²) in [6.45, 7) is 4.69. The molecule has 0 aliphatic carbocycles. The van der Waals surface area contributed by atoms with Gasteiger partial charge >= 0.3 is 0 Å². The first kappa shape index (κ1) is 21.2. The fourth-order valence-corrected chi connectivity index (χ4v) is 4.69. The van der Waals surface area contributed by atoms with Gasteiger partial charge < -0.3 is 20.9 Å². The molecule has 2 aliphatic heterocycles. The van der Waals surface area contributed by atoms with E-state index < -0.39 is 0 Å². The minimum absolute atomic E-state index is 0.0815. The van der Waals surface area contributed by atoms with Gasteiger partial charge in [-0.15, -0.1) is 0 Å². The normalized spacial score (nSPS) is 22.5. The van der Waals surface area contributed by atoms with Crippen LogP contribution >= 0.6 is 0 Å². The van der Waals surface area contributed by atoms with Gasteiger partial charge in [0.2, 0.25) is 5.91 Å². The largest absolute Gasteiger partial charge is 0.381 e. The van der Waals surface area contributed by atoms with Crippen molar-refractivity contribution in [3.8, 4) is 6.07 Å². The second-order valence-electron chi connectivity index (χ2n) is 8.81. The van der Waals surface area contributed by atoms with E-state index in [9.17, 15) is 10.1 Å². The highest BCUT2D eigenvalue weighted by Gasteiger charge is 2.31. The zero-order chi connectivity index (χ0) is 21.8. The number of carbonyl (C=O) groups is 1. The molecule has 0 radical (unpaired) electrons. The molecule has 2 aromatic rings. The number of amides is 1. The Morgan fingerprint density at radius 3 is 2.77 bits per heavy atom. The van der Waals surface area contributed by atoms with Crippen molar-refractivity contribution in [2.45, 2.75) is 31.8 Å². The molecule has 0 spiro atoms. The first-order valence-corrected chi connectivity index (χ1v) is 11.1. The summed E-state index contributed by atoms with van der Waals surface area (Å²) in [6.07, 6.45) is 1.70. The number of hydrogen-bond acceptors (Lipinski definition) is 5. The van der Waals surface area contributed by atoms with Gasteiger partial charge in [0.1, 0.15) is 6.07 Å². The molecular formula is C25H31N5O. The molecular weight excluding hydrogens is 386 g/mol. The summed E-state index contributed by atoms with van der Waals surface area (Å²) in [6, 6.07) is 18.7. The first-order chi connectivity index (χ1) is 15.1. The highest BCUT2D eigenvalue weighted by Crippen LogP contribution is 2.33. The smallest absolute Gasteiger partial charge is 0.222 e. The lowest BCUT2D eigenvalue weighted by Crippen LogP contribution is -2.46. The third-order valence-corrected chi connectivity index (χ3v) is 6.75. The van der Waals surface area contributed by atoms with Gasteiger partial charge in [-0.1, -0.05) is 43.3 Å². The van der Waals surface area contributed by atoms with Gasteiger partial charge in [0.05, 0.1) is 29.0 Å². The van der Waals surface area contributed by atoms with Gasteiger partial charge in [0.15, 0.2) is 0 Å². The van der Waals surface area contributed by atoms with Gasteiger partial charge in [-0.2, -0.15) is 5.26 Å². The van der Waals surface area contributed by atoms with Crippen molar-refractivity contribution in [1.82, 2.24) is 10.2 Å². The SMILES string of the molecule is CC(CN[C@H](c1ccccc1)[C@H]1CNc2cccc(C#N)c2N1)C1CCN(C)C(=O)C1. The van der Waals surface area contributed by atoms with Crippen LogP contribution in [0.4, 0.5) is 11.4 Å². The van der Waals surface area contributed by atoms with Gasteiger partial charge in [-0.25, -0.2) is 0 Å². The van der Waals surface area contributed by atoms with Crippen LogP contribution in [-0.4, -0.2) is 43.5 Å². The average Bonchev–Trinajstić information content (AvgIpc) is 2.81. The molecule has 2 aliphatic rings. The molecule has 0 saturated carbocycles. The Morgan fingerprint density at radius 2 is 2.03 bits per heavy atom. The third-order valence-electron chi connectivity index (χ3n) is 6.75. The molecule has 6 nitrogen and oxygen atoms in total. The van der Waals surface area contributed by atoms with E-state index >= 15 is 0 Å². The van der Waals surface area contributed by atoms with Crippen molar-refractivity contribution in [3.63, 3.8) is 0 Å². The molecule has 1 saturated heterocycles. The van der Waals surface area contributed by atoms with Crippen LogP contribution in [0, 0.1) is 23.2 Å². The molecule has 0 aromatic heterocycles. The third kappa shape index (κ3) is 4.67. The van der Waals surface area contributed by atoms with Crippen LogP contribution in [0.2, 0.25) is 0 Å². The number of nitrogens with zero attached hydrogens (tertiary/aromatic N) is 2. The number of anilines is 2. The number of likely N-dealkylation sites (tertiary alicyclic amines) is 1. The lowest BCUT2D eigenvalue weighted by Gasteiger charge is -2.37. The van der Waals surface area contributed by atoms with E-state index in [1.54, 1.807) is 0 Å². The van der Waals surface area contributed by atoms with Gasteiger partial charge in [-0.05, 0) is 42.5 Å². The van der Waals surface area contributed by atoms with E-state index in [1.807, 2.05) is 36.2 Å². The van der Waals surface area contributed by atoms with E-state index in [0.29, 0.717) is 23.8 Å². The number of nitriles is 1. The molecule has 31 heavy (non-hydrogen) atoms. The Bertz CT molecular complexity index is 954. The summed E-state index contributed by atoms with van der Waals surface area (Å²) in [5.41, 5.74) is 3.71. The van der Waals surface area contributed by atoms with Crippen molar-refractivity contribution in [2.75, 3.05) is 37.3 Å². The maximum atomic E-state index is 12.2. The van der Waals surface area contributed by atoms with E-state index in [2.05, 4.69) is 53.2 Å². The molecule has 162 valence electrons. The van der Waals surface area contributed by atoms with Crippen LogP contribution in [0.15, 0.2) is 48.5 Å². The molecule has 2 heterocycles. The lowest BCUT2D eigenvalue weighted by atomic mass is 9.84. The number of rotatable bonds is 6. The molecule has 0 bridgehead atoms. The van der Waals surface area contributed by atoms with Gasteiger partial charge in [0.25, 0.3) is 0 Å². The van der Waals surface area contributed by atoms with E-state index in [4.69, 9.17) is 0 Å². The predicted octanol–water partition coefficient (Wildman–Crippen LogP) is 3.60. The highest BCUT2D eigenvalue weighted by atomic mass is 16.2. The summed E-state index contributed by atoms with van der Waals surface area (Å²) >= 11 is 0. The number of fused-ring (bicyclic) bond motifs is 1. The lowest BCUT2D eigenvalue weighted by molar-refractivity contribution is -0.134. The Balaban J connectivity index is 1.50. The van der Waals surface area contributed by atoms with E-state index in [-0.39, 0.29) is 18.0 Å². The van der Waals surface area contributed by atoms with Crippen LogP contribution in [0.25, 0.3) is 0 Å². The van der Waals surface area contributed by atoms with Crippen LogP contribution in [0.1, 0.15) is 36.9 Å².